The first kappa shape index (κ1) is 5.21. The standard InChI is InChI=1S/C8H11N/c9-8-6-4-2-1-3-5-7(6)8/h9H,1-5H2. The van der Waals surface area contributed by atoms with Crippen LogP contribution in [0.3, 0.4) is 0 Å². The summed E-state index contributed by atoms with van der Waals surface area (Å²) in [6, 6.07) is 0. The van der Waals surface area contributed by atoms with Gasteiger partial charge in [-0.2, -0.15) is 0 Å². The molecule has 1 aromatic rings. The Morgan fingerprint density at radius 3 is 2.00 bits per heavy atom. The van der Waals surface area contributed by atoms with Crippen molar-refractivity contribution >= 4 is 0 Å². The Kier molecular flexibility index (Phi) is 0.981. The van der Waals surface area contributed by atoms with E-state index in [0.717, 1.165) is 5.36 Å². The van der Waals surface area contributed by atoms with Crippen LogP contribution in [0.2, 0.25) is 0 Å². The molecule has 0 aromatic heterocycles. The summed E-state index contributed by atoms with van der Waals surface area (Å²) in [6.07, 6.45) is 6.42. The Morgan fingerprint density at radius 1 is 0.889 bits per heavy atom. The third-order valence-corrected chi connectivity index (χ3v) is 2.26. The van der Waals surface area contributed by atoms with Crippen molar-refractivity contribution in [2.24, 2.45) is 0 Å². The van der Waals surface area contributed by atoms with Gasteiger partial charge in [0.2, 0.25) is 0 Å². The van der Waals surface area contributed by atoms with Gasteiger partial charge in [-0.05, 0) is 36.8 Å². The van der Waals surface area contributed by atoms with Crippen LogP contribution in [0.25, 0.3) is 0 Å². The zero-order chi connectivity index (χ0) is 6.27. The lowest BCUT2D eigenvalue weighted by Gasteiger charge is -1.89. The molecule has 0 heterocycles. The Morgan fingerprint density at radius 2 is 1.44 bits per heavy atom. The van der Waals surface area contributed by atoms with Crippen molar-refractivity contribution in [2.45, 2.75) is 32.1 Å². The summed E-state index contributed by atoms with van der Waals surface area (Å²) in [5, 5.41) is 8.29. The van der Waals surface area contributed by atoms with Crippen molar-refractivity contribution in [2.75, 3.05) is 0 Å². The van der Waals surface area contributed by atoms with Crippen LogP contribution in [0.5, 0.6) is 0 Å². The van der Waals surface area contributed by atoms with Gasteiger partial charge in [-0.1, -0.05) is 6.42 Å². The Bertz CT molecular complexity index is 207. The third kappa shape index (κ3) is 0.716. The minimum absolute atomic E-state index is 0.898. The number of hydrogen-bond donors (Lipinski definition) is 1. The van der Waals surface area contributed by atoms with Crippen molar-refractivity contribution < 1.29 is 0 Å². The van der Waals surface area contributed by atoms with Crippen molar-refractivity contribution in [1.82, 2.24) is 0 Å². The van der Waals surface area contributed by atoms with Crippen LogP contribution in [-0.2, 0) is 12.8 Å². The summed E-state index contributed by atoms with van der Waals surface area (Å²) in [4.78, 5) is 0. The number of hydrogen-bond acceptors (Lipinski definition) is 1. The van der Waals surface area contributed by atoms with E-state index in [-0.39, 0.29) is 0 Å². The molecule has 0 atom stereocenters. The van der Waals surface area contributed by atoms with E-state index < -0.39 is 0 Å². The highest BCUT2D eigenvalue weighted by Crippen LogP contribution is 2.20. The predicted octanol–water partition coefficient (Wildman–Crippen LogP) is 1.31. The third-order valence-electron chi connectivity index (χ3n) is 2.26. The smallest absolute Gasteiger partial charge is 0.0610 e. The van der Waals surface area contributed by atoms with Gasteiger partial charge in [-0.3, -0.25) is 0 Å². The van der Waals surface area contributed by atoms with Gasteiger partial charge >= 0.3 is 0 Å². The second kappa shape index (κ2) is 1.69. The van der Waals surface area contributed by atoms with E-state index in [1.165, 1.54) is 43.2 Å². The van der Waals surface area contributed by atoms with Crippen LogP contribution in [0.1, 0.15) is 30.4 Å². The number of rotatable bonds is 0. The van der Waals surface area contributed by atoms with Crippen LogP contribution in [0.15, 0.2) is 0 Å². The molecule has 48 valence electrons. The van der Waals surface area contributed by atoms with Gasteiger partial charge in [0.15, 0.2) is 0 Å². The molecule has 1 aliphatic rings. The summed E-state index contributed by atoms with van der Waals surface area (Å²) in [5.74, 6) is 0. The molecule has 0 spiro atoms. The van der Waals surface area contributed by atoms with Crippen molar-refractivity contribution in [3.63, 3.8) is 0 Å². The zero-order valence-corrected chi connectivity index (χ0v) is 5.54. The average molecular weight is 121 g/mol. The summed E-state index contributed by atoms with van der Waals surface area (Å²) in [5.41, 5.74) is 2.79. The highest BCUT2D eigenvalue weighted by molar-refractivity contribution is 5.38. The maximum absolute atomic E-state index is 7.39. The van der Waals surface area contributed by atoms with Gasteiger partial charge in [0.05, 0.1) is 5.36 Å². The van der Waals surface area contributed by atoms with Crippen molar-refractivity contribution in [3.05, 3.63) is 16.5 Å². The van der Waals surface area contributed by atoms with E-state index in [0.29, 0.717) is 0 Å². The summed E-state index contributed by atoms with van der Waals surface area (Å²) >= 11 is 0. The number of nitrogens with one attached hydrogen (secondary N) is 1. The van der Waals surface area contributed by atoms with Crippen LogP contribution >= 0.6 is 0 Å². The molecule has 0 radical (unpaired) electrons. The lowest BCUT2D eigenvalue weighted by molar-refractivity contribution is 0.702. The van der Waals surface area contributed by atoms with Crippen LogP contribution in [0, 0.1) is 5.41 Å². The lowest BCUT2D eigenvalue weighted by Crippen LogP contribution is -1.88. The highest BCUT2D eigenvalue weighted by Gasteiger charge is 2.19. The van der Waals surface area contributed by atoms with E-state index in [4.69, 9.17) is 5.41 Å². The minimum atomic E-state index is 0.898. The Hall–Kier alpha value is -0.590. The van der Waals surface area contributed by atoms with Crippen LogP contribution in [0.4, 0.5) is 0 Å². The summed E-state index contributed by atoms with van der Waals surface area (Å²) < 4.78 is 0. The van der Waals surface area contributed by atoms with Crippen molar-refractivity contribution in [3.8, 4) is 0 Å². The van der Waals surface area contributed by atoms with Gasteiger partial charge < -0.3 is 5.41 Å². The SMILES string of the molecule is N=c1c2c1CCCCC2. The second-order valence-electron chi connectivity index (χ2n) is 2.89. The van der Waals surface area contributed by atoms with E-state index >= 15 is 0 Å². The molecule has 0 bridgehead atoms. The fourth-order valence-corrected chi connectivity index (χ4v) is 1.60. The molecule has 1 N–H and O–H groups in total. The van der Waals surface area contributed by atoms with E-state index in [2.05, 4.69) is 0 Å². The molecule has 9 heavy (non-hydrogen) atoms. The molecule has 0 saturated heterocycles. The molecular weight excluding hydrogens is 110 g/mol. The Balaban J connectivity index is 2.21. The quantitative estimate of drug-likeness (QED) is 0.500. The van der Waals surface area contributed by atoms with Gasteiger partial charge in [-0.15, -0.1) is 0 Å². The lowest BCUT2D eigenvalue weighted by atomic mass is 10.2. The maximum atomic E-state index is 7.39. The summed E-state index contributed by atoms with van der Waals surface area (Å²) in [6.45, 7) is 0. The second-order valence-corrected chi connectivity index (χ2v) is 2.89. The van der Waals surface area contributed by atoms with Crippen LogP contribution < -0.4 is 5.36 Å². The van der Waals surface area contributed by atoms with Gasteiger partial charge in [0.1, 0.15) is 0 Å². The van der Waals surface area contributed by atoms with Crippen LogP contribution in [-0.4, -0.2) is 0 Å². The predicted molar refractivity (Wildman–Crippen MR) is 35.9 cm³/mol. The van der Waals surface area contributed by atoms with E-state index in [1.54, 1.807) is 0 Å². The topological polar surface area (TPSA) is 23.9 Å². The molecule has 0 saturated carbocycles. The zero-order valence-electron chi connectivity index (χ0n) is 5.54. The Labute approximate surface area is 54.9 Å². The highest BCUT2D eigenvalue weighted by atomic mass is 14.4. The molecule has 1 aromatic carbocycles. The monoisotopic (exact) mass is 121 g/mol. The maximum Gasteiger partial charge on any atom is 0.0610 e. The molecule has 1 heteroatoms. The molecule has 0 amide bonds. The van der Waals surface area contributed by atoms with Gasteiger partial charge in [-0.25, -0.2) is 0 Å². The normalized spacial score (nSPS) is 19.6. The van der Waals surface area contributed by atoms with E-state index in [9.17, 15) is 0 Å². The fraction of sp³-hybridized carbons (Fsp3) is 0.625. The molecule has 0 aliphatic heterocycles. The molecule has 2 rings (SSSR count). The van der Waals surface area contributed by atoms with Gasteiger partial charge in [0, 0.05) is 0 Å². The summed E-state index contributed by atoms with van der Waals surface area (Å²) in [7, 11) is 0. The van der Waals surface area contributed by atoms with E-state index in [1.807, 2.05) is 0 Å². The average Bonchev–Trinajstić information content (AvgIpc) is 2.51. The molecule has 1 aliphatic carbocycles. The first-order valence-corrected chi connectivity index (χ1v) is 3.71. The molecule has 0 fully saturated rings. The first-order chi connectivity index (χ1) is 4.39. The van der Waals surface area contributed by atoms with Crippen molar-refractivity contribution in [1.29, 1.82) is 5.41 Å². The largest absolute Gasteiger partial charge is 0.300 e. The minimum Gasteiger partial charge on any atom is -0.300 e. The first-order valence-electron chi connectivity index (χ1n) is 3.71. The molecule has 0 unspecified atom stereocenters. The van der Waals surface area contributed by atoms with Gasteiger partial charge in [0.25, 0.3) is 0 Å². The fourth-order valence-electron chi connectivity index (χ4n) is 1.60. The molecular formula is C8H11N. The molecule has 1 nitrogen and oxygen atoms in total. The number of fused-ring (bicyclic) bond motifs is 1.